The number of hydrogen-bond acceptors (Lipinski definition) is 3. The van der Waals surface area contributed by atoms with Crippen LogP contribution in [0.3, 0.4) is 0 Å². The molecule has 0 heterocycles. The summed E-state index contributed by atoms with van der Waals surface area (Å²) in [6.07, 6.45) is 1.25. The van der Waals surface area contributed by atoms with Crippen molar-refractivity contribution < 1.29 is 19.5 Å². The quantitative estimate of drug-likeness (QED) is 0.581. The fourth-order valence-corrected chi connectivity index (χ4v) is 1.58. The first kappa shape index (κ1) is 14.9. The maximum absolute atomic E-state index is 11.8. The van der Waals surface area contributed by atoms with E-state index in [2.05, 4.69) is 5.32 Å². The van der Waals surface area contributed by atoms with E-state index in [1.165, 1.54) is 6.92 Å². The lowest BCUT2D eigenvalue weighted by atomic mass is 10.1. The topological polar surface area (TPSA) is 83.5 Å². The molecule has 19 heavy (non-hydrogen) atoms. The molecule has 0 aliphatic rings. The largest absolute Gasteiger partial charge is 0.481 e. The van der Waals surface area contributed by atoms with Gasteiger partial charge in [0.2, 0.25) is 0 Å². The van der Waals surface area contributed by atoms with E-state index < -0.39 is 5.97 Å². The van der Waals surface area contributed by atoms with Gasteiger partial charge in [-0.3, -0.25) is 14.4 Å². The SMILES string of the molecule is CC(=O)c1cccc(C(=O)NCCCCC(=O)O)c1. The van der Waals surface area contributed by atoms with Gasteiger partial charge in [0.05, 0.1) is 0 Å². The highest BCUT2D eigenvalue weighted by molar-refractivity contribution is 5.99. The Balaban J connectivity index is 2.43. The van der Waals surface area contributed by atoms with Crippen LogP contribution in [0.25, 0.3) is 0 Å². The Morgan fingerprint density at radius 3 is 2.47 bits per heavy atom. The Bertz CT molecular complexity index is 482. The summed E-state index contributed by atoms with van der Waals surface area (Å²) < 4.78 is 0. The molecule has 0 unspecified atom stereocenters. The molecule has 0 aromatic heterocycles. The van der Waals surface area contributed by atoms with Crippen molar-refractivity contribution in [3.05, 3.63) is 35.4 Å². The molecule has 1 aromatic carbocycles. The van der Waals surface area contributed by atoms with Gasteiger partial charge in [-0.05, 0) is 31.9 Å². The van der Waals surface area contributed by atoms with Gasteiger partial charge in [0.25, 0.3) is 5.91 Å². The Labute approximate surface area is 111 Å². The van der Waals surface area contributed by atoms with Crippen LogP contribution in [-0.4, -0.2) is 29.3 Å². The fourth-order valence-electron chi connectivity index (χ4n) is 1.58. The van der Waals surface area contributed by atoms with Crippen molar-refractivity contribution in [2.24, 2.45) is 0 Å². The Kier molecular flexibility index (Phi) is 5.73. The van der Waals surface area contributed by atoms with E-state index in [1.54, 1.807) is 24.3 Å². The minimum absolute atomic E-state index is 0.0869. The van der Waals surface area contributed by atoms with Crippen molar-refractivity contribution in [1.82, 2.24) is 5.32 Å². The highest BCUT2D eigenvalue weighted by Crippen LogP contribution is 2.06. The second-order valence-electron chi connectivity index (χ2n) is 4.24. The van der Waals surface area contributed by atoms with Crippen molar-refractivity contribution in [2.75, 3.05) is 6.54 Å². The first-order valence-corrected chi connectivity index (χ1v) is 6.11. The monoisotopic (exact) mass is 263 g/mol. The second kappa shape index (κ2) is 7.31. The van der Waals surface area contributed by atoms with E-state index in [4.69, 9.17) is 5.11 Å². The number of carbonyl (C=O) groups is 3. The van der Waals surface area contributed by atoms with Crippen LogP contribution in [0.4, 0.5) is 0 Å². The van der Waals surface area contributed by atoms with Gasteiger partial charge in [-0.25, -0.2) is 0 Å². The van der Waals surface area contributed by atoms with Gasteiger partial charge < -0.3 is 10.4 Å². The lowest BCUT2D eigenvalue weighted by Gasteiger charge is -2.05. The Hall–Kier alpha value is -2.17. The van der Waals surface area contributed by atoms with E-state index in [1.807, 2.05) is 0 Å². The summed E-state index contributed by atoms with van der Waals surface area (Å²) in [5.74, 6) is -1.17. The van der Waals surface area contributed by atoms with Gasteiger partial charge in [-0.2, -0.15) is 0 Å². The van der Waals surface area contributed by atoms with E-state index in [0.717, 1.165) is 0 Å². The summed E-state index contributed by atoms with van der Waals surface area (Å²) in [6.45, 7) is 1.87. The average molecular weight is 263 g/mol. The van der Waals surface area contributed by atoms with Crippen LogP contribution in [-0.2, 0) is 4.79 Å². The normalized spacial score (nSPS) is 9.95. The molecule has 0 saturated heterocycles. The summed E-state index contributed by atoms with van der Waals surface area (Å²) in [5.41, 5.74) is 0.935. The molecule has 0 saturated carbocycles. The molecule has 2 N–H and O–H groups in total. The average Bonchev–Trinajstić information content (AvgIpc) is 2.37. The van der Waals surface area contributed by atoms with Gasteiger partial charge in [0, 0.05) is 24.1 Å². The van der Waals surface area contributed by atoms with Gasteiger partial charge in [-0.1, -0.05) is 12.1 Å². The molecule has 0 radical (unpaired) electrons. The van der Waals surface area contributed by atoms with Gasteiger partial charge in [0.1, 0.15) is 0 Å². The molecule has 102 valence electrons. The van der Waals surface area contributed by atoms with Crippen molar-refractivity contribution in [1.29, 1.82) is 0 Å². The molecule has 0 spiro atoms. The number of Topliss-reactive ketones (excluding diaryl/α,β-unsaturated/α-hetero) is 1. The number of hydrogen-bond donors (Lipinski definition) is 2. The Morgan fingerprint density at radius 1 is 1.16 bits per heavy atom. The maximum atomic E-state index is 11.8. The summed E-state index contributed by atoms with van der Waals surface area (Å²) in [5, 5.41) is 11.2. The summed E-state index contributed by atoms with van der Waals surface area (Å²) in [7, 11) is 0. The van der Waals surface area contributed by atoms with Gasteiger partial charge in [0.15, 0.2) is 5.78 Å². The third kappa shape index (κ3) is 5.33. The van der Waals surface area contributed by atoms with E-state index >= 15 is 0 Å². The number of aliphatic carboxylic acids is 1. The van der Waals surface area contributed by atoms with Crippen LogP contribution in [0.5, 0.6) is 0 Å². The molecule has 5 heteroatoms. The lowest BCUT2D eigenvalue weighted by molar-refractivity contribution is -0.137. The number of benzene rings is 1. The first-order valence-electron chi connectivity index (χ1n) is 6.11. The van der Waals surface area contributed by atoms with Gasteiger partial charge >= 0.3 is 5.97 Å². The van der Waals surface area contributed by atoms with Crippen LogP contribution < -0.4 is 5.32 Å². The van der Waals surface area contributed by atoms with E-state index in [0.29, 0.717) is 30.5 Å². The number of carboxylic acids is 1. The summed E-state index contributed by atoms with van der Waals surface area (Å²) in [6, 6.07) is 6.51. The van der Waals surface area contributed by atoms with Gasteiger partial charge in [-0.15, -0.1) is 0 Å². The number of amides is 1. The predicted octanol–water partition coefficient (Wildman–Crippen LogP) is 1.87. The highest BCUT2D eigenvalue weighted by atomic mass is 16.4. The molecule has 1 amide bonds. The van der Waals surface area contributed by atoms with Crippen molar-refractivity contribution in [3.63, 3.8) is 0 Å². The number of rotatable bonds is 7. The summed E-state index contributed by atoms with van der Waals surface area (Å²) >= 11 is 0. The third-order valence-electron chi connectivity index (χ3n) is 2.63. The van der Waals surface area contributed by atoms with Crippen LogP contribution in [0, 0.1) is 0 Å². The second-order valence-corrected chi connectivity index (χ2v) is 4.24. The lowest BCUT2D eigenvalue weighted by Crippen LogP contribution is -2.24. The zero-order chi connectivity index (χ0) is 14.3. The zero-order valence-electron chi connectivity index (χ0n) is 10.8. The standard InChI is InChI=1S/C14H17NO4/c1-10(16)11-5-4-6-12(9-11)14(19)15-8-3-2-7-13(17)18/h4-6,9H,2-3,7-8H2,1H3,(H,15,19)(H,17,18). The van der Waals surface area contributed by atoms with Crippen molar-refractivity contribution in [2.45, 2.75) is 26.2 Å². The molecule has 5 nitrogen and oxygen atoms in total. The van der Waals surface area contributed by atoms with Crippen LogP contribution in [0.1, 0.15) is 46.9 Å². The Morgan fingerprint density at radius 2 is 1.84 bits per heavy atom. The maximum Gasteiger partial charge on any atom is 0.303 e. The molecule has 0 bridgehead atoms. The molecular formula is C14H17NO4. The number of ketones is 1. The highest BCUT2D eigenvalue weighted by Gasteiger charge is 2.07. The molecular weight excluding hydrogens is 246 g/mol. The van der Waals surface area contributed by atoms with Crippen molar-refractivity contribution >= 4 is 17.7 Å². The molecule has 0 fully saturated rings. The molecule has 0 aliphatic carbocycles. The van der Waals surface area contributed by atoms with Crippen molar-refractivity contribution in [3.8, 4) is 0 Å². The summed E-state index contributed by atoms with van der Waals surface area (Å²) in [4.78, 5) is 33.3. The number of nitrogens with one attached hydrogen (secondary N) is 1. The molecule has 0 aliphatic heterocycles. The minimum atomic E-state index is -0.833. The minimum Gasteiger partial charge on any atom is -0.481 e. The number of carboxylic acid groups (broad SMARTS) is 1. The van der Waals surface area contributed by atoms with E-state index in [-0.39, 0.29) is 18.1 Å². The first-order chi connectivity index (χ1) is 9.00. The zero-order valence-corrected chi connectivity index (χ0v) is 10.8. The number of unbranched alkanes of at least 4 members (excludes halogenated alkanes) is 1. The third-order valence-corrected chi connectivity index (χ3v) is 2.63. The molecule has 1 aromatic rings. The van der Waals surface area contributed by atoms with Crippen LogP contribution >= 0.6 is 0 Å². The fraction of sp³-hybridized carbons (Fsp3) is 0.357. The van der Waals surface area contributed by atoms with Crippen LogP contribution in [0.15, 0.2) is 24.3 Å². The molecule has 1 rings (SSSR count). The van der Waals surface area contributed by atoms with Crippen LogP contribution in [0.2, 0.25) is 0 Å². The smallest absolute Gasteiger partial charge is 0.303 e. The molecule has 0 atom stereocenters. The van der Waals surface area contributed by atoms with E-state index in [9.17, 15) is 14.4 Å². The predicted molar refractivity (Wildman–Crippen MR) is 70.3 cm³/mol. The number of carbonyl (C=O) groups excluding carboxylic acids is 2.